The first kappa shape index (κ1) is 22.2. The van der Waals surface area contributed by atoms with E-state index in [9.17, 15) is 9.59 Å². The number of carbonyl (C=O) groups is 2. The van der Waals surface area contributed by atoms with Gasteiger partial charge < -0.3 is 19.7 Å². The van der Waals surface area contributed by atoms with E-state index in [0.29, 0.717) is 13.0 Å². The number of esters is 1. The number of hydrogen-bond acceptors (Lipinski definition) is 5. The van der Waals surface area contributed by atoms with Crippen molar-refractivity contribution in [2.24, 2.45) is 5.41 Å². The van der Waals surface area contributed by atoms with Gasteiger partial charge in [-0.1, -0.05) is 30.3 Å². The molecule has 0 saturated carbocycles. The number of nitrogens with zero attached hydrogens (tertiary/aromatic N) is 1. The van der Waals surface area contributed by atoms with E-state index >= 15 is 0 Å². The summed E-state index contributed by atoms with van der Waals surface area (Å²) in [7, 11) is 0. The molecular formula is C22H34N2O4. The Morgan fingerprint density at radius 1 is 1.11 bits per heavy atom. The van der Waals surface area contributed by atoms with E-state index in [1.165, 1.54) is 5.56 Å². The minimum absolute atomic E-state index is 0.117. The van der Waals surface area contributed by atoms with Crippen LogP contribution in [0.4, 0.5) is 4.79 Å². The summed E-state index contributed by atoms with van der Waals surface area (Å²) in [4.78, 5) is 26.5. The summed E-state index contributed by atoms with van der Waals surface area (Å²) in [6.07, 6.45) is 0.345. The fourth-order valence-electron chi connectivity index (χ4n) is 3.01. The summed E-state index contributed by atoms with van der Waals surface area (Å²) in [6, 6.07) is 10.1. The Bertz CT molecular complexity index is 661. The molecule has 1 N–H and O–H groups in total. The standard InChI is InChI=1S/C22H34N2O4/c1-21(2,3)19(25)27-15-18-12-17(23-13-16-10-8-7-9-11-16)14-24(18)20(26)28-22(4,5)6/h7-11,17-18,23H,12-15H2,1-6H3/t17-,18+/m1/s1. The Kier molecular flexibility index (Phi) is 7.10. The monoisotopic (exact) mass is 390 g/mol. The van der Waals surface area contributed by atoms with Crippen molar-refractivity contribution in [3.8, 4) is 0 Å². The largest absolute Gasteiger partial charge is 0.463 e. The van der Waals surface area contributed by atoms with Crippen molar-refractivity contribution in [3.05, 3.63) is 35.9 Å². The molecule has 28 heavy (non-hydrogen) atoms. The van der Waals surface area contributed by atoms with Crippen molar-refractivity contribution in [3.63, 3.8) is 0 Å². The van der Waals surface area contributed by atoms with Gasteiger partial charge in [-0.15, -0.1) is 0 Å². The van der Waals surface area contributed by atoms with Crippen molar-refractivity contribution < 1.29 is 19.1 Å². The van der Waals surface area contributed by atoms with Crippen LogP contribution in [0.1, 0.15) is 53.5 Å². The number of carbonyl (C=O) groups excluding carboxylic acids is 2. The molecule has 156 valence electrons. The lowest BCUT2D eigenvalue weighted by molar-refractivity contribution is -0.154. The third-order valence-electron chi connectivity index (χ3n) is 4.50. The first-order valence-corrected chi connectivity index (χ1v) is 9.90. The summed E-state index contributed by atoms with van der Waals surface area (Å²) in [5.41, 5.74) is 0.0495. The highest BCUT2D eigenvalue weighted by molar-refractivity contribution is 5.75. The molecule has 1 amide bonds. The number of ether oxygens (including phenoxy) is 2. The van der Waals surface area contributed by atoms with Crippen LogP contribution in [0.5, 0.6) is 0 Å². The predicted molar refractivity (Wildman–Crippen MR) is 109 cm³/mol. The molecule has 0 aliphatic carbocycles. The van der Waals surface area contributed by atoms with E-state index in [0.717, 1.165) is 6.54 Å². The second kappa shape index (κ2) is 8.95. The SMILES string of the molecule is CC(C)(C)OC(=O)N1C[C@H](NCc2ccccc2)C[C@H]1COC(=O)C(C)(C)C. The van der Waals surface area contributed by atoms with E-state index in [1.54, 1.807) is 4.90 Å². The molecule has 0 aromatic heterocycles. The van der Waals surface area contributed by atoms with Gasteiger partial charge in [-0.25, -0.2) is 4.79 Å². The number of amides is 1. The van der Waals surface area contributed by atoms with Crippen LogP contribution in [0, 0.1) is 5.41 Å². The average Bonchev–Trinajstić information content (AvgIpc) is 3.00. The average molecular weight is 391 g/mol. The maximum absolute atomic E-state index is 12.7. The molecule has 6 nitrogen and oxygen atoms in total. The molecule has 1 aromatic carbocycles. The highest BCUT2D eigenvalue weighted by Crippen LogP contribution is 2.23. The van der Waals surface area contributed by atoms with Gasteiger partial charge in [-0.2, -0.15) is 0 Å². The third kappa shape index (κ3) is 6.82. The Balaban J connectivity index is 2.00. The van der Waals surface area contributed by atoms with Crippen LogP contribution in [0.25, 0.3) is 0 Å². The quantitative estimate of drug-likeness (QED) is 0.776. The Morgan fingerprint density at radius 3 is 2.32 bits per heavy atom. The number of rotatable bonds is 5. The lowest BCUT2D eigenvalue weighted by Crippen LogP contribution is -2.43. The van der Waals surface area contributed by atoms with Crippen LogP contribution in [0.3, 0.4) is 0 Å². The zero-order valence-electron chi connectivity index (χ0n) is 18.0. The lowest BCUT2D eigenvalue weighted by atomic mass is 9.97. The topological polar surface area (TPSA) is 67.9 Å². The molecular weight excluding hydrogens is 356 g/mol. The lowest BCUT2D eigenvalue weighted by Gasteiger charge is -2.29. The van der Waals surface area contributed by atoms with E-state index in [2.05, 4.69) is 17.4 Å². The number of nitrogens with one attached hydrogen (secondary N) is 1. The van der Waals surface area contributed by atoms with Gasteiger partial charge in [0.05, 0.1) is 11.5 Å². The minimum Gasteiger partial charge on any atom is -0.463 e. The van der Waals surface area contributed by atoms with E-state index in [4.69, 9.17) is 9.47 Å². The van der Waals surface area contributed by atoms with Gasteiger partial charge in [-0.3, -0.25) is 4.79 Å². The minimum atomic E-state index is -0.570. The molecule has 2 rings (SSSR count). The maximum atomic E-state index is 12.7. The van der Waals surface area contributed by atoms with Crippen molar-refractivity contribution in [2.45, 2.75) is 72.2 Å². The number of hydrogen-bond donors (Lipinski definition) is 1. The first-order valence-electron chi connectivity index (χ1n) is 9.90. The molecule has 2 atom stereocenters. The molecule has 1 fully saturated rings. The maximum Gasteiger partial charge on any atom is 0.410 e. The van der Waals surface area contributed by atoms with Crippen LogP contribution in [-0.4, -0.2) is 47.8 Å². The summed E-state index contributed by atoms with van der Waals surface area (Å²) >= 11 is 0. The number of benzene rings is 1. The molecule has 0 spiro atoms. The fraction of sp³-hybridized carbons (Fsp3) is 0.636. The Morgan fingerprint density at radius 2 is 1.75 bits per heavy atom. The molecule has 0 unspecified atom stereocenters. The normalized spacial score (nSPS) is 20.1. The summed E-state index contributed by atoms with van der Waals surface area (Å²) in [5.74, 6) is -0.266. The van der Waals surface area contributed by atoms with Gasteiger partial charge in [0.25, 0.3) is 0 Å². The zero-order valence-corrected chi connectivity index (χ0v) is 18.0. The van der Waals surface area contributed by atoms with Crippen molar-refractivity contribution >= 4 is 12.1 Å². The van der Waals surface area contributed by atoms with Gasteiger partial charge in [0.1, 0.15) is 12.2 Å². The third-order valence-corrected chi connectivity index (χ3v) is 4.50. The van der Waals surface area contributed by atoms with Crippen molar-refractivity contribution in [1.82, 2.24) is 10.2 Å². The van der Waals surface area contributed by atoms with Gasteiger partial charge in [0.2, 0.25) is 0 Å². The molecule has 0 bridgehead atoms. The number of likely N-dealkylation sites (tertiary alicyclic amines) is 1. The second-order valence-electron chi connectivity index (χ2n) is 9.43. The van der Waals surface area contributed by atoms with Crippen LogP contribution in [0.2, 0.25) is 0 Å². The van der Waals surface area contributed by atoms with Gasteiger partial charge in [-0.05, 0) is 53.5 Å². The Hall–Kier alpha value is -2.08. The molecule has 1 heterocycles. The van der Waals surface area contributed by atoms with Crippen molar-refractivity contribution in [2.75, 3.05) is 13.2 Å². The predicted octanol–water partition coefficient (Wildman–Crippen LogP) is 3.74. The molecule has 0 radical (unpaired) electrons. The first-order chi connectivity index (χ1) is 13.0. The molecule has 1 aromatic rings. The highest BCUT2D eigenvalue weighted by atomic mass is 16.6. The molecule has 1 saturated heterocycles. The second-order valence-corrected chi connectivity index (χ2v) is 9.43. The summed E-state index contributed by atoms with van der Waals surface area (Å²) < 4.78 is 11.1. The van der Waals surface area contributed by atoms with E-state index in [1.807, 2.05) is 59.7 Å². The van der Waals surface area contributed by atoms with E-state index in [-0.39, 0.29) is 30.8 Å². The Labute approximate surface area is 168 Å². The van der Waals surface area contributed by atoms with Gasteiger partial charge in [0.15, 0.2) is 0 Å². The smallest absolute Gasteiger partial charge is 0.410 e. The fourth-order valence-corrected chi connectivity index (χ4v) is 3.01. The highest BCUT2D eigenvalue weighted by Gasteiger charge is 2.38. The zero-order chi connectivity index (χ0) is 20.9. The van der Waals surface area contributed by atoms with Crippen LogP contribution >= 0.6 is 0 Å². The molecule has 6 heteroatoms. The molecule has 1 aliphatic rings. The van der Waals surface area contributed by atoms with Gasteiger partial charge in [0, 0.05) is 19.1 Å². The molecule has 1 aliphatic heterocycles. The van der Waals surface area contributed by atoms with Crippen LogP contribution in [0.15, 0.2) is 30.3 Å². The van der Waals surface area contributed by atoms with Crippen LogP contribution in [-0.2, 0) is 20.8 Å². The van der Waals surface area contributed by atoms with Gasteiger partial charge >= 0.3 is 12.1 Å². The summed E-state index contributed by atoms with van der Waals surface area (Å²) in [5, 5.41) is 3.50. The van der Waals surface area contributed by atoms with E-state index < -0.39 is 11.0 Å². The summed E-state index contributed by atoms with van der Waals surface area (Å²) in [6.45, 7) is 12.4. The van der Waals surface area contributed by atoms with Crippen molar-refractivity contribution in [1.29, 1.82) is 0 Å². The van der Waals surface area contributed by atoms with Crippen LogP contribution < -0.4 is 5.32 Å².